The minimum atomic E-state index is -0.578. The zero-order valence-corrected chi connectivity index (χ0v) is 22.8. The predicted molar refractivity (Wildman–Crippen MR) is 149 cm³/mol. The molecule has 0 N–H and O–H groups in total. The molecule has 8 nitrogen and oxygen atoms in total. The van der Waals surface area contributed by atoms with Crippen molar-refractivity contribution in [3.05, 3.63) is 88.8 Å². The smallest absolute Gasteiger partial charge is 0.410 e. The van der Waals surface area contributed by atoms with Gasteiger partial charge in [0.25, 0.3) is 0 Å². The zero-order valence-electron chi connectivity index (χ0n) is 22.0. The van der Waals surface area contributed by atoms with E-state index in [2.05, 4.69) is 16.0 Å². The maximum atomic E-state index is 13.7. The van der Waals surface area contributed by atoms with Gasteiger partial charge in [-0.2, -0.15) is 5.26 Å². The van der Waals surface area contributed by atoms with Crippen LogP contribution < -0.4 is 9.64 Å². The molecule has 3 aromatic rings. The summed E-state index contributed by atoms with van der Waals surface area (Å²) in [5.74, 6) is 0.365. The summed E-state index contributed by atoms with van der Waals surface area (Å²) in [6, 6.07) is 19.9. The van der Waals surface area contributed by atoms with Crippen molar-refractivity contribution >= 4 is 29.4 Å². The molecule has 5 rings (SSSR count). The van der Waals surface area contributed by atoms with Gasteiger partial charge in [0.15, 0.2) is 0 Å². The van der Waals surface area contributed by atoms with Crippen molar-refractivity contribution < 1.29 is 18.7 Å². The molecule has 2 aliphatic heterocycles. The summed E-state index contributed by atoms with van der Waals surface area (Å²) in [4.78, 5) is 36.6. The number of benzene rings is 2. The van der Waals surface area contributed by atoms with Gasteiger partial charge in [0.1, 0.15) is 29.1 Å². The monoisotopic (exact) mass is 561 g/mol. The summed E-state index contributed by atoms with van der Waals surface area (Å²) in [5.41, 5.74) is 1.35. The van der Waals surface area contributed by atoms with Crippen molar-refractivity contribution in [2.45, 2.75) is 24.8 Å². The number of hydrogen-bond acceptors (Lipinski definition) is 6. The number of amides is 2. The topological polar surface area (TPSA) is 89.8 Å². The van der Waals surface area contributed by atoms with E-state index in [0.717, 1.165) is 11.4 Å². The molecule has 2 aromatic carbocycles. The molecule has 1 aromatic heterocycles. The Morgan fingerprint density at radius 2 is 1.75 bits per heavy atom. The lowest BCUT2D eigenvalue weighted by Gasteiger charge is -2.34. The first-order chi connectivity index (χ1) is 19.3. The van der Waals surface area contributed by atoms with Crippen molar-refractivity contribution in [3.63, 3.8) is 0 Å². The normalized spacial score (nSPS) is 19.2. The zero-order chi connectivity index (χ0) is 28.2. The molecule has 0 bridgehead atoms. The predicted octanol–water partition coefficient (Wildman–Crippen LogP) is 5.09. The van der Waals surface area contributed by atoms with Crippen LogP contribution in [0.15, 0.2) is 66.7 Å². The molecule has 0 radical (unpaired) electrons. The van der Waals surface area contributed by atoms with E-state index in [1.165, 1.54) is 29.2 Å². The molecule has 2 saturated heterocycles. The molecule has 0 saturated carbocycles. The van der Waals surface area contributed by atoms with Gasteiger partial charge in [-0.25, -0.2) is 14.2 Å². The summed E-state index contributed by atoms with van der Waals surface area (Å²) in [7, 11) is 1.66. The van der Waals surface area contributed by atoms with E-state index in [1.54, 1.807) is 25.2 Å². The van der Waals surface area contributed by atoms with Gasteiger partial charge in [-0.1, -0.05) is 29.8 Å². The molecule has 2 amide bonds. The molecule has 10 heteroatoms. The number of piperidine rings is 1. The fraction of sp³-hybridized carbons (Fsp3) is 0.333. The molecule has 40 heavy (non-hydrogen) atoms. The maximum absolute atomic E-state index is 13.7. The number of rotatable bonds is 5. The van der Waals surface area contributed by atoms with Crippen molar-refractivity contribution in [1.29, 1.82) is 5.26 Å². The molecule has 2 aliphatic rings. The van der Waals surface area contributed by atoms with Gasteiger partial charge in [0, 0.05) is 50.1 Å². The molecular weight excluding hydrogens is 533 g/mol. The van der Waals surface area contributed by atoms with Crippen molar-refractivity contribution in [1.82, 2.24) is 14.8 Å². The largest absolute Gasteiger partial charge is 0.415 e. The Morgan fingerprint density at radius 1 is 1.05 bits per heavy atom. The number of hydrogen-bond donors (Lipinski definition) is 0. The van der Waals surface area contributed by atoms with Crippen LogP contribution in [0.4, 0.5) is 15.0 Å². The van der Waals surface area contributed by atoms with Crippen molar-refractivity contribution in [2.75, 3.05) is 38.1 Å². The van der Waals surface area contributed by atoms with Gasteiger partial charge in [-0.05, 0) is 66.9 Å². The van der Waals surface area contributed by atoms with Crippen LogP contribution in [0.3, 0.4) is 0 Å². The Balaban J connectivity index is 1.28. The first-order valence-electron chi connectivity index (χ1n) is 13.2. The Bertz CT molecular complexity index is 1400. The first-order valence-corrected chi connectivity index (χ1v) is 13.6. The van der Waals surface area contributed by atoms with E-state index < -0.39 is 11.9 Å². The van der Waals surface area contributed by atoms with Gasteiger partial charge in [0.05, 0.1) is 6.04 Å². The number of likely N-dealkylation sites (N-methyl/N-ethyl adjacent to an activating group) is 1. The number of halogens is 2. The van der Waals surface area contributed by atoms with E-state index in [4.69, 9.17) is 21.6 Å². The highest BCUT2D eigenvalue weighted by Crippen LogP contribution is 2.34. The van der Waals surface area contributed by atoms with E-state index >= 15 is 0 Å². The number of nitrogens with zero attached hydrogens (tertiary/aromatic N) is 5. The van der Waals surface area contributed by atoms with Crippen LogP contribution in [-0.4, -0.2) is 66.1 Å². The summed E-state index contributed by atoms with van der Waals surface area (Å²) in [5, 5.41) is 9.77. The lowest BCUT2D eigenvalue weighted by Crippen LogP contribution is -2.45. The number of pyridine rings is 1. The number of ether oxygens (including phenoxy) is 1. The quantitative estimate of drug-likeness (QED) is 0.431. The van der Waals surface area contributed by atoms with Crippen LogP contribution in [-0.2, 0) is 4.79 Å². The number of anilines is 1. The van der Waals surface area contributed by atoms with Crippen LogP contribution in [0.25, 0.3) is 0 Å². The number of carbonyl (C=O) groups excluding carboxylic acids is 2. The second kappa shape index (κ2) is 11.9. The molecule has 0 aliphatic carbocycles. The standard InChI is InChI=1S/C30H29ClFN5O3/c1-35(30(39)40-25-11-9-23(32)10-12-25)27-19-37(18-26(27)20-5-7-22(31)8-6-20)29(38)21-13-15-36(16-14-21)28-4-2-3-24(17-33)34-28/h2-12,21,26-27H,13-16,18-19H2,1H3/t26?,27-/m1/s1. The van der Waals surface area contributed by atoms with Gasteiger partial charge in [0.2, 0.25) is 5.91 Å². The molecular formula is C30H29ClFN5O3. The summed E-state index contributed by atoms with van der Waals surface area (Å²) < 4.78 is 18.8. The van der Waals surface area contributed by atoms with E-state index in [-0.39, 0.29) is 29.5 Å². The fourth-order valence-corrected chi connectivity index (χ4v) is 5.61. The Morgan fingerprint density at radius 3 is 2.42 bits per heavy atom. The van der Waals surface area contributed by atoms with E-state index in [1.807, 2.05) is 29.2 Å². The van der Waals surface area contributed by atoms with E-state index in [9.17, 15) is 14.0 Å². The second-order valence-corrected chi connectivity index (χ2v) is 10.6. The van der Waals surface area contributed by atoms with Crippen LogP contribution in [0.2, 0.25) is 5.02 Å². The highest BCUT2D eigenvalue weighted by atomic mass is 35.5. The van der Waals surface area contributed by atoms with Gasteiger partial charge in [-0.15, -0.1) is 0 Å². The van der Waals surface area contributed by atoms with Gasteiger partial charge >= 0.3 is 6.09 Å². The average molecular weight is 562 g/mol. The summed E-state index contributed by atoms with van der Waals surface area (Å²) in [6.45, 7) is 2.17. The molecule has 1 unspecified atom stereocenters. The highest BCUT2D eigenvalue weighted by molar-refractivity contribution is 6.30. The highest BCUT2D eigenvalue weighted by Gasteiger charge is 2.42. The lowest BCUT2D eigenvalue weighted by atomic mass is 9.93. The van der Waals surface area contributed by atoms with Crippen LogP contribution in [0.5, 0.6) is 5.75 Å². The summed E-state index contributed by atoms with van der Waals surface area (Å²) in [6.07, 6.45) is 0.768. The third kappa shape index (κ3) is 6.02. The van der Waals surface area contributed by atoms with E-state index in [0.29, 0.717) is 49.7 Å². The third-order valence-electron chi connectivity index (χ3n) is 7.72. The number of likely N-dealkylation sites (tertiary alicyclic amines) is 1. The minimum absolute atomic E-state index is 0.0696. The fourth-order valence-electron chi connectivity index (χ4n) is 5.48. The summed E-state index contributed by atoms with van der Waals surface area (Å²) >= 11 is 6.12. The van der Waals surface area contributed by atoms with Crippen molar-refractivity contribution in [2.24, 2.45) is 5.92 Å². The van der Waals surface area contributed by atoms with Crippen LogP contribution in [0.1, 0.15) is 30.0 Å². The molecule has 3 heterocycles. The average Bonchev–Trinajstić information content (AvgIpc) is 3.43. The molecule has 2 atom stereocenters. The van der Waals surface area contributed by atoms with Crippen molar-refractivity contribution in [3.8, 4) is 11.8 Å². The van der Waals surface area contributed by atoms with Crippen LogP contribution in [0, 0.1) is 23.1 Å². The molecule has 0 spiro atoms. The SMILES string of the molecule is CN(C(=O)Oc1ccc(F)cc1)[C@@H]1CN(C(=O)C2CCN(c3cccc(C#N)n3)CC2)CC1c1ccc(Cl)cc1. The Labute approximate surface area is 237 Å². The van der Waals surface area contributed by atoms with Gasteiger partial charge in [-0.3, -0.25) is 4.79 Å². The Kier molecular flexibility index (Phi) is 8.17. The number of carbonyl (C=O) groups is 2. The first kappa shape index (κ1) is 27.4. The number of nitriles is 1. The van der Waals surface area contributed by atoms with Crippen LogP contribution >= 0.6 is 11.6 Å². The third-order valence-corrected chi connectivity index (χ3v) is 7.97. The molecule has 206 valence electrons. The maximum Gasteiger partial charge on any atom is 0.415 e. The number of aromatic nitrogens is 1. The second-order valence-electron chi connectivity index (χ2n) is 10.2. The minimum Gasteiger partial charge on any atom is -0.410 e. The lowest BCUT2D eigenvalue weighted by molar-refractivity contribution is -0.135. The van der Waals surface area contributed by atoms with Gasteiger partial charge < -0.3 is 19.4 Å². The molecule has 2 fully saturated rings. The Hall–Kier alpha value is -4.16.